The van der Waals surface area contributed by atoms with Crippen LogP contribution < -0.4 is 4.74 Å². The molecule has 1 aliphatic carbocycles. The molecule has 0 amide bonds. The van der Waals surface area contributed by atoms with Crippen LogP contribution in [0.2, 0.25) is 0 Å². The lowest BCUT2D eigenvalue weighted by molar-refractivity contribution is -0.274. The van der Waals surface area contributed by atoms with Crippen LogP contribution in [0.25, 0.3) is 16.9 Å². The third kappa shape index (κ3) is 3.92. The number of aromatic nitrogens is 3. The zero-order valence-electron chi connectivity index (χ0n) is 14.0. The molecule has 6 nitrogen and oxygen atoms in total. The minimum atomic E-state index is -4.76. The zero-order chi connectivity index (χ0) is 19.0. The normalized spacial score (nSPS) is 19.1. The SMILES string of the molecule is O[C@@H]1CCC(=Nc2ccc3ncc(-c4cccc(OC(F)(F)F)c4)n3n2)C1. The van der Waals surface area contributed by atoms with Gasteiger partial charge in [0.1, 0.15) is 5.75 Å². The molecule has 140 valence electrons. The molecular formula is C18H15F3N4O2. The van der Waals surface area contributed by atoms with Crippen LogP contribution in [0.4, 0.5) is 19.0 Å². The van der Waals surface area contributed by atoms with E-state index in [9.17, 15) is 18.3 Å². The smallest absolute Gasteiger partial charge is 0.406 e. The summed E-state index contributed by atoms with van der Waals surface area (Å²) in [5.41, 5.74) is 2.42. The molecule has 1 fully saturated rings. The van der Waals surface area contributed by atoms with Crippen molar-refractivity contribution in [3.05, 3.63) is 42.6 Å². The van der Waals surface area contributed by atoms with E-state index in [4.69, 9.17) is 0 Å². The monoisotopic (exact) mass is 376 g/mol. The maximum atomic E-state index is 12.5. The first-order valence-electron chi connectivity index (χ1n) is 8.33. The Kier molecular flexibility index (Phi) is 4.31. The molecule has 0 saturated heterocycles. The van der Waals surface area contributed by atoms with E-state index in [1.165, 1.54) is 28.9 Å². The standard InChI is InChI=1S/C18H15F3N4O2/c19-18(20,21)27-14-3-1-2-11(8-14)15-10-22-17-7-6-16(24-25(15)17)23-12-4-5-13(26)9-12/h1-3,6-8,10,13,26H,4-5,9H2/t13-/m1/s1. The van der Waals surface area contributed by atoms with Gasteiger partial charge in [-0.1, -0.05) is 12.1 Å². The number of nitrogens with zero attached hydrogens (tertiary/aromatic N) is 4. The molecule has 3 aromatic rings. The quantitative estimate of drug-likeness (QED) is 0.752. The Labute approximate surface area is 151 Å². The lowest BCUT2D eigenvalue weighted by Crippen LogP contribution is -2.17. The van der Waals surface area contributed by atoms with Crippen molar-refractivity contribution < 1.29 is 23.0 Å². The summed E-state index contributed by atoms with van der Waals surface area (Å²) in [6, 6.07) is 9.09. The van der Waals surface area contributed by atoms with Crippen LogP contribution >= 0.6 is 0 Å². The molecule has 9 heteroatoms. The average molecular weight is 376 g/mol. The molecule has 0 radical (unpaired) electrons. The highest BCUT2D eigenvalue weighted by atomic mass is 19.4. The third-order valence-electron chi connectivity index (χ3n) is 4.22. The molecule has 2 aromatic heterocycles. The number of rotatable bonds is 3. The maximum absolute atomic E-state index is 12.5. The fourth-order valence-electron chi connectivity index (χ4n) is 3.05. The summed E-state index contributed by atoms with van der Waals surface area (Å²) >= 11 is 0. The highest BCUT2D eigenvalue weighted by Crippen LogP contribution is 2.29. The predicted molar refractivity (Wildman–Crippen MR) is 92.1 cm³/mol. The second-order valence-corrected chi connectivity index (χ2v) is 6.26. The van der Waals surface area contributed by atoms with Gasteiger partial charge in [-0.15, -0.1) is 18.3 Å². The van der Waals surface area contributed by atoms with Crippen LogP contribution in [-0.2, 0) is 0 Å². The first-order valence-corrected chi connectivity index (χ1v) is 8.33. The predicted octanol–water partition coefficient (Wildman–Crippen LogP) is 3.91. The van der Waals surface area contributed by atoms with E-state index in [1.807, 2.05) is 0 Å². The largest absolute Gasteiger partial charge is 0.573 e. The zero-order valence-corrected chi connectivity index (χ0v) is 14.0. The molecule has 27 heavy (non-hydrogen) atoms. The van der Waals surface area contributed by atoms with Gasteiger partial charge in [0, 0.05) is 17.7 Å². The Balaban J connectivity index is 1.70. The number of ether oxygens (including phenoxy) is 1. The Hall–Kier alpha value is -2.94. The van der Waals surface area contributed by atoms with Crippen molar-refractivity contribution in [1.82, 2.24) is 14.6 Å². The summed E-state index contributed by atoms with van der Waals surface area (Å²) < 4.78 is 42.9. The number of hydrogen-bond acceptors (Lipinski definition) is 5. The number of aliphatic hydroxyl groups excluding tert-OH is 1. The molecule has 0 unspecified atom stereocenters. The van der Waals surface area contributed by atoms with Crippen LogP contribution in [0.15, 0.2) is 47.6 Å². The van der Waals surface area contributed by atoms with Crippen LogP contribution in [0.5, 0.6) is 5.75 Å². The number of benzene rings is 1. The minimum Gasteiger partial charge on any atom is -0.406 e. The highest BCUT2D eigenvalue weighted by Gasteiger charge is 2.31. The Morgan fingerprint density at radius 1 is 1.22 bits per heavy atom. The van der Waals surface area contributed by atoms with Crippen LogP contribution in [0.1, 0.15) is 19.3 Å². The van der Waals surface area contributed by atoms with Gasteiger partial charge in [-0.05, 0) is 37.1 Å². The van der Waals surface area contributed by atoms with E-state index in [1.54, 1.807) is 18.2 Å². The van der Waals surface area contributed by atoms with Gasteiger partial charge in [-0.2, -0.15) is 0 Å². The first kappa shape index (κ1) is 17.5. The Bertz CT molecular complexity index is 1010. The molecule has 0 bridgehead atoms. The maximum Gasteiger partial charge on any atom is 0.573 e. The Morgan fingerprint density at radius 3 is 2.81 bits per heavy atom. The third-order valence-corrected chi connectivity index (χ3v) is 4.22. The molecule has 1 aliphatic rings. The lowest BCUT2D eigenvalue weighted by Gasteiger charge is -2.10. The summed E-state index contributed by atoms with van der Waals surface area (Å²) in [6.45, 7) is 0. The molecule has 0 spiro atoms. The van der Waals surface area contributed by atoms with Crippen molar-refractivity contribution in [3.63, 3.8) is 0 Å². The number of imidazole rings is 1. The van der Waals surface area contributed by atoms with E-state index in [-0.39, 0.29) is 11.9 Å². The van der Waals surface area contributed by atoms with Crippen LogP contribution in [0, 0.1) is 0 Å². The van der Waals surface area contributed by atoms with E-state index in [0.717, 1.165) is 5.71 Å². The second kappa shape index (κ2) is 6.66. The van der Waals surface area contributed by atoms with Gasteiger partial charge < -0.3 is 9.84 Å². The second-order valence-electron chi connectivity index (χ2n) is 6.26. The van der Waals surface area contributed by atoms with Crippen molar-refractivity contribution in [3.8, 4) is 17.0 Å². The lowest BCUT2D eigenvalue weighted by atomic mass is 10.1. The average Bonchev–Trinajstić information content (AvgIpc) is 3.19. The number of aliphatic hydroxyl groups is 1. The summed E-state index contributed by atoms with van der Waals surface area (Å²) in [5.74, 6) is 0.139. The molecule has 1 atom stereocenters. The summed E-state index contributed by atoms with van der Waals surface area (Å²) in [4.78, 5) is 8.70. The summed E-state index contributed by atoms with van der Waals surface area (Å²) in [5, 5.41) is 14.0. The number of hydrogen-bond donors (Lipinski definition) is 1. The molecule has 2 heterocycles. The Morgan fingerprint density at radius 2 is 2.07 bits per heavy atom. The molecule has 4 rings (SSSR count). The van der Waals surface area contributed by atoms with Crippen molar-refractivity contribution >= 4 is 17.2 Å². The molecular weight excluding hydrogens is 361 g/mol. The van der Waals surface area contributed by atoms with Gasteiger partial charge in [0.05, 0.1) is 18.0 Å². The number of aliphatic imine (C=N–C) groups is 1. The molecule has 1 saturated carbocycles. The van der Waals surface area contributed by atoms with Gasteiger partial charge in [0.25, 0.3) is 0 Å². The van der Waals surface area contributed by atoms with E-state index in [0.29, 0.717) is 42.0 Å². The topological polar surface area (TPSA) is 72.0 Å². The fraction of sp³-hybridized carbons (Fsp3) is 0.278. The van der Waals surface area contributed by atoms with E-state index in [2.05, 4.69) is 19.8 Å². The molecule has 1 N–H and O–H groups in total. The minimum absolute atomic E-state index is 0.314. The van der Waals surface area contributed by atoms with Gasteiger partial charge >= 0.3 is 6.36 Å². The first-order chi connectivity index (χ1) is 12.9. The van der Waals surface area contributed by atoms with Gasteiger partial charge in [0.15, 0.2) is 11.5 Å². The van der Waals surface area contributed by atoms with Gasteiger partial charge in [-0.25, -0.2) is 14.5 Å². The molecule has 1 aromatic carbocycles. The summed E-state index contributed by atoms with van der Waals surface area (Å²) in [7, 11) is 0. The number of halogens is 3. The van der Waals surface area contributed by atoms with Crippen molar-refractivity contribution in [1.29, 1.82) is 0 Å². The summed E-state index contributed by atoms with van der Waals surface area (Å²) in [6.07, 6.45) is -1.67. The number of fused-ring (bicyclic) bond motifs is 1. The highest BCUT2D eigenvalue weighted by molar-refractivity contribution is 5.88. The fourth-order valence-corrected chi connectivity index (χ4v) is 3.05. The van der Waals surface area contributed by atoms with Crippen molar-refractivity contribution in [2.75, 3.05) is 0 Å². The van der Waals surface area contributed by atoms with E-state index >= 15 is 0 Å². The van der Waals surface area contributed by atoms with Crippen molar-refractivity contribution in [2.45, 2.75) is 31.7 Å². The van der Waals surface area contributed by atoms with Crippen LogP contribution in [0.3, 0.4) is 0 Å². The van der Waals surface area contributed by atoms with Gasteiger partial charge in [0.2, 0.25) is 0 Å². The number of alkyl halides is 3. The van der Waals surface area contributed by atoms with E-state index < -0.39 is 6.36 Å². The van der Waals surface area contributed by atoms with Gasteiger partial charge in [-0.3, -0.25) is 0 Å². The molecule has 0 aliphatic heterocycles. The van der Waals surface area contributed by atoms with Crippen LogP contribution in [-0.4, -0.2) is 37.9 Å². The van der Waals surface area contributed by atoms with Crippen molar-refractivity contribution in [2.24, 2.45) is 4.99 Å².